The SMILES string of the molecule is CCCCCCCCCCC(OCC1(C)COC1)Oc1ccc(-c2ccc(C(=O)Oc3ccc(C(=O)O[C@@H](CCCCCC)C(F)(F)F)cc3)cc2)cc1. The highest BCUT2D eigenvalue weighted by Crippen LogP contribution is 2.30. The minimum Gasteiger partial charge on any atom is -0.465 e. The number of esters is 2. The van der Waals surface area contributed by atoms with Gasteiger partial charge in [0.1, 0.15) is 11.5 Å². The zero-order valence-electron chi connectivity index (χ0n) is 32.1. The van der Waals surface area contributed by atoms with Gasteiger partial charge in [-0.25, -0.2) is 9.59 Å². The first-order valence-electron chi connectivity index (χ1n) is 19.7. The van der Waals surface area contributed by atoms with Gasteiger partial charge in [0.25, 0.3) is 0 Å². The number of carbonyl (C=O) groups is 2. The third-order valence-electron chi connectivity index (χ3n) is 9.62. The van der Waals surface area contributed by atoms with Crippen LogP contribution in [0.25, 0.3) is 11.1 Å². The van der Waals surface area contributed by atoms with Gasteiger partial charge in [0.05, 0.1) is 30.9 Å². The van der Waals surface area contributed by atoms with Crippen LogP contribution < -0.4 is 9.47 Å². The molecular weight excluding hydrogens is 697 g/mol. The first kappa shape index (κ1) is 42.8. The lowest BCUT2D eigenvalue weighted by atomic mass is 9.90. The largest absolute Gasteiger partial charge is 0.465 e. The molecule has 3 aromatic carbocycles. The van der Waals surface area contributed by atoms with Crippen molar-refractivity contribution in [3.63, 3.8) is 0 Å². The van der Waals surface area contributed by atoms with Crippen molar-refractivity contribution in [3.05, 3.63) is 83.9 Å². The molecule has 3 aromatic rings. The molecule has 1 fully saturated rings. The van der Waals surface area contributed by atoms with Gasteiger partial charge in [-0.3, -0.25) is 0 Å². The van der Waals surface area contributed by atoms with Crippen molar-refractivity contribution in [2.45, 2.75) is 129 Å². The van der Waals surface area contributed by atoms with Crippen LogP contribution in [0.15, 0.2) is 72.8 Å². The summed E-state index contributed by atoms with van der Waals surface area (Å²) in [6.45, 7) is 8.35. The number of ether oxygens (including phenoxy) is 5. The normalized spacial score (nSPS) is 14.9. The summed E-state index contributed by atoms with van der Waals surface area (Å²) in [6, 6.07) is 20.0. The molecule has 0 aromatic heterocycles. The minimum atomic E-state index is -4.65. The molecule has 4 rings (SSSR count). The highest BCUT2D eigenvalue weighted by molar-refractivity contribution is 5.92. The maximum Gasteiger partial charge on any atom is 0.425 e. The number of hydrogen-bond donors (Lipinski definition) is 0. The second-order valence-electron chi connectivity index (χ2n) is 14.7. The topological polar surface area (TPSA) is 80.3 Å². The van der Waals surface area contributed by atoms with Crippen LogP contribution in [0.3, 0.4) is 0 Å². The summed E-state index contributed by atoms with van der Waals surface area (Å²) >= 11 is 0. The van der Waals surface area contributed by atoms with Crippen molar-refractivity contribution in [3.8, 4) is 22.6 Å². The van der Waals surface area contributed by atoms with E-state index in [1.54, 1.807) is 12.1 Å². The van der Waals surface area contributed by atoms with E-state index in [4.69, 9.17) is 23.7 Å². The maximum absolute atomic E-state index is 13.5. The summed E-state index contributed by atoms with van der Waals surface area (Å²) in [6.07, 6.45) is 5.94. The lowest BCUT2D eigenvalue weighted by molar-refractivity contribution is -0.206. The van der Waals surface area contributed by atoms with Crippen molar-refractivity contribution in [1.82, 2.24) is 0 Å². The Bertz CT molecular complexity index is 1530. The van der Waals surface area contributed by atoms with E-state index in [0.717, 1.165) is 49.0 Å². The highest BCUT2D eigenvalue weighted by atomic mass is 19.4. The molecule has 10 heteroatoms. The molecule has 0 aliphatic carbocycles. The second kappa shape index (κ2) is 21.9. The monoisotopic (exact) mass is 754 g/mol. The van der Waals surface area contributed by atoms with Crippen LogP contribution in [0.5, 0.6) is 11.5 Å². The molecule has 1 aliphatic heterocycles. The molecule has 296 valence electrons. The van der Waals surface area contributed by atoms with Gasteiger partial charge in [-0.05, 0) is 78.9 Å². The minimum absolute atomic E-state index is 0.0312. The van der Waals surface area contributed by atoms with Crippen molar-refractivity contribution in [1.29, 1.82) is 0 Å². The van der Waals surface area contributed by atoms with Crippen molar-refractivity contribution >= 4 is 11.9 Å². The van der Waals surface area contributed by atoms with Gasteiger partial charge in [-0.15, -0.1) is 0 Å². The Morgan fingerprint density at radius 1 is 0.667 bits per heavy atom. The van der Waals surface area contributed by atoms with Crippen molar-refractivity contribution in [2.24, 2.45) is 5.41 Å². The van der Waals surface area contributed by atoms with Gasteiger partial charge in [-0.2, -0.15) is 13.2 Å². The van der Waals surface area contributed by atoms with Gasteiger partial charge in [0.15, 0.2) is 12.4 Å². The first-order chi connectivity index (χ1) is 26.0. The summed E-state index contributed by atoms with van der Waals surface area (Å²) in [5.41, 5.74) is 2.11. The molecule has 0 bridgehead atoms. The molecule has 7 nitrogen and oxygen atoms in total. The molecule has 0 spiro atoms. The number of benzene rings is 3. The third kappa shape index (κ3) is 14.4. The Morgan fingerprint density at radius 3 is 1.70 bits per heavy atom. The Labute approximate surface area is 318 Å². The Morgan fingerprint density at radius 2 is 1.15 bits per heavy atom. The van der Waals surface area contributed by atoms with Crippen molar-refractivity contribution < 1.29 is 46.4 Å². The number of rotatable bonds is 24. The summed E-state index contributed by atoms with van der Waals surface area (Å²) in [7, 11) is 0. The Balaban J connectivity index is 1.27. The molecule has 1 unspecified atom stereocenters. The van der Waals surface area contributed by atoms with E-state index in [1.807, 2.05) is 43.3 Å². The molecule has 0 amide bonds. The molecule has 2 atom stereocenters. The summed E-state index contributed by atoms with van der Waals surface area (Å²) < 4.78 is 68.6. The molecular formula is C44H57F3O7. The van der Waals surface area contributed by atoms with E-state index in [0.29, 0.717) is 38.2 Å². The average molecular weight is 755 g/mol. The molecule has 0 saturated carbocycles. The summed E-state index contributed by atoms with van der Waals surface area (Å²) in [5.74, 6) is -0.834. The van der Waals surface area contributed by atoms with Crippen molar-refractivity contribution in [2.75, 3.05) is 19.8 Å². The Hall–Kier alpha value is -3.89. The Kier molecular flexibility index (Phi) is 17.3. The van der Waals surface area contributed by atoms with Gasteiger partial charge < -0.3 is 23.7 Å². The van der Waals surface area contributed by atoms with Crippen LogP contribution in [-0.4, -0.2) is 50.3 Å². The quantitative estimate of drug-likeness (QED) is 0.0390. The lowest BCUT2D eigenvalue weighted by Gasteiger charge is -2.38. The predicted molar refractivity (Wildman–Crippen MR) is 204 cm³/mol. The van der Waals surface area contributed by atoms with E-state index >= 15 is 0 Å². The highest BCUT2D eigenvalue weighted by Gasteiger charge is 2.42. The first-order valence-corrected chi connectivity index (χ1v) is 19.7. The van der Waals surface area contributed by atoms with Gasteiger partial charge >= 0.3 is 18.1 Å². The fraction of sp³-hybridized carbons (Fsp3) is 0.545. The number of carbonyl (C=O) groups excluding carboxylic acids is 2. The summed E-state index contributed by atoms with van der Waals surface area (Å²) in [5, 5.41) is 0. The molecule has 0 N–H and O–H groups in total. The predicted octanol–water partition coefficient (Wildman–Crippen LogP) is 11.9. The van der Waals surface area contributed by atoms with Crippen LogP contribution in [-0.2, 0) is 14.2 Å². The van der Waals surface area contributed by atoms with Gasteiger partial charge in [-0.1, -0.05) is 109 Å². The van der Waals surface area contributed by atoms with E-state index in [1.165, 1.54) is 62.8 Å². The zero-order valence-corrected chi connectivity index (χ0v) is 32.1. The van der Waals surface area contributed by atoms with E-state index in [9.17, 15) is 22.8 Å². The number of unbranched alkanes of at least 4 members (excludes halogenated alkanes) is 10. The molecule has 1 heterocycles. The second-order valence-corrected chi connectivity index (χ2v) is 14.7. The smallest absolute Gasteiger partial charge is 0.425 e. The molecule has 1 aliphatic rings. The molecule has 0 radical (unpaired) electrons. The third-order valence-corrected chi connectivity index (χ3v) is 9.62. The van der Waals surface area contributed by atoms with Crippen LogP contribution in [0.4, 0.5) is 13.2 Å². The zero-order chi connectivity index (χ0) is 38.8. The maximum atomic E-state index is 13.5. The van der Waals surface area contributed by atoms with Crippen LogP contribution in [0.2, 0.25) is 0 Å². The van der Waals surface area contributed by atoms with E-state index < -0.39 is 24.2 Å². The van der Waals surface area contributed by atoms with Crippen LogP contribution in [0.1, 0.15) is 131 Å². The number of hydrogen-bond acceptors (Lipinski definition) is 7. The van der Waals surface area contributed by atoms with E-state index in [2.05, 4.69) is 13.8 Å². The van der Waals surface area contributed by atoms with E-state index in [-0.39, 0.29) is 29.4 Å². The fourth-order valence-corrected chi connectivity index (χ4v) is 6.19. The van der Waals surface area contributed by atoms with Crippen LogP contribution >= 0.6 is 0 Å². The van der Waals surface area contributed by atoms with Crippen LogP contribution in [0, 0.1) is 5.41 Å². The number of halogens is 3. The molecule has 1 saturated heterocycles. The standard InChI is InChI=1S/C44H57F3O7/c1-4-6-8-10-11-12-13-15-17-40(51-32-43(3)30-50-31-43)52-37-26-22-34(23-27-37)33-18-20-35(21-19-33)41(48)53-38-28-24-36(25-29-38)42(49)54-39(44(45,46)47)16-14-9-7-5-2/h18-29,39-40H,4-17,30-32H2,1-3H3/t39-,40?/m0/s1. The average Bonchev–Trinajstić information content (AvgIpc) is 3.15. The summed E-state index contributed by atoms with van der Waals surface area (Å²) in [4.78, 5) is 25.3. The lowest BCUT2D eigenvalue weighted by Crippen LogP contribution is -2.44. The number of alkyl halides is 3. The van der Waals surface area contributed by atoms with Gasteiger partial charge in [0, 0.05) is 11.8 Å². The molecule has 54 heavy (non-hydrogen) atoms. The fourth-order valence-electron chi connectivity index (χ4n) is 6.19. The van der Waals surface area contributed by atoms with Gasteiger partial charge in [0.2, 0.25) is 0 Å².